The molecule has 1 atom stereocenters. The Morgan fingerprint density at radius 1 is 1.20 bits per heavy atom. The SMILES string of the molecule is O=C(Nc1ccccc1CCl)C1COc2ccccc21. The average molecular weight is 288 g/mol. The van der Waals surface area contributed by atoms with Crippen molar-refractivity contribution in [1.82, 2.24) is 0 Å². The van der Waals surface area contributed by atoms with Crippen LogP contribution in [0.2, 0.25) is 0 Å². The van der Waals surface area contributed by atoms with Gasteiger partial charge in [-0.1, -0.05) is 36.4 Å². The molecule has 0 spiro atoms. The number of alkyl halides is 1. The van der Waals surface area contributed by atoms with Gasteiger partial charge in [-0.15, -0.1) is 11.6 Å². The number of ether oxygens (including phenoxy) is 1. The molecule has 0 saturated heterocycles. The van der Waals surface area contributed by atoms with E-state index in [4.69, 9.17) is 16.3 Å². The molecule has 1 aliphatic heterocycles. The molecule has 20 heavy (non-hydrogen) atoms. The van der Waals surface area contributed by atoms with Gasteiger partial charge in [0.25, 0.3) is 0 Å². The normalized spacial score (nSPS) is 16.4. The second kappa shape index (κ2) is 5.55. The maximum atomic E-state index is 12.4. The number of para-hydroxylation sites is 2. The van der Waals surface area contributed by atoms with Crippen LogP contribution in [0.4, 0.5) is 5.69 Å². The van der Waals surface area contributed by atoms with Crippen molar-refractivity contribution in [2.75, 3.05) is 11.9 Å². The number of carbonyl (C=O) groups excluding carboxylic acids is 1. The van der Waals surface area contributed by atoms with E-state index in [1.165, 1.54) is 0 Å². The van der Waals surface area contributed by atoms with Crippen molar-refractivity contribution in [3.05, 3.63) is 59.7 Å². The Kier molecular flexibility index (Phi) is 3.61. The van der Waals surface area contributed by atoms with Gasteiger partial charge >= 0.3 is 0 Å². The van der Waals surface area contributed by atoms with E-state index in [0.29, 0.717) is 12.5 Å². The number of rotatable bonds is 3. The highest BCUT2D eigenvalue weighted by Crippen LogP contribution is 2.34. The zero-order valence-electron chi connectivity index (χ0n) is 10.8. The van der Waals surface area contributed by atoms with Crippen molar-refractivity contribution in [2.24, 2.45) is 0 Å². The van der Waals surface area contributed by atoms with E-state index in [1.54, 1.807) is 0 Å². The summed E-state index contributed by atoms with van der Waals surface area (Å²) < 4.78 is 5.54. The van der Waals surface area contributed by atoms with Crippen LogP contribution >= 0.6 is 11.6 Å². The summed E-state index contributed by atoms with van der Waals surface area (Å²) in [7, 11) is 0. The monoisotopic (exact) mass is 287 g/mol. The quantitative estimate of drug-likeness (QED) is 0.877. The first-order valence-corrected chi connectivity index (χ1v) is 6.99. The van der Waals surface area contributed by atoms with Crippen molar-refractivity contribution >= 4 is 23.2 Å². The lowest BCUT2D eigenvalue weighted by atomic mass is 10.0. The summed E-state index contributed by atoms with van der Waals surface area (Å²) in [5, 5.41) is 2.94. The van der Waals surface area contributed by atoms with E-state index in [1.807, 2.05) is 48.5 Å². The molecular formula is C16H14ClNO2. The molecule has 1 amide bonds. The highest BCUT2D eigenvalue weighted by Gasteiger charge is 2.30. The van der Waals surface area contributed by atoms with Crippen LogP contribution in [-0.4, -0.2) is 12.5 Å². The van der Waals surface area contributed by atoms with Crippen LogP contribution < -0.4 is 10.1 Å². The second-order valence-electron chi connectivity index (χ2n) is 4.68. The van der Waals surface area contributed by atoms with E-state index < -0.39 is 0 Å². The zero-order valence-corrected chi connectivity index (χ0v) is 11.6. The Hall–Kier alpha value is -2.00. The molecular weight excluding hydrogens is 274 g/mol. The predicted octanol–water partition coefficient (Wildman–Crippen LogP) is 3.54. The maximum absolute atomic E-state index is 12.4. The maximum Gasteiger partial charge on any atom is 0.235 e. The summed E-state index contributed by atoms with van der Waals surface area (Å²) in [5.41, 5.74) is 2.61. The highest BCUT2D eigenvalue weighted by molar-refractivity contribution is 6.17. The summed E-state index contributed by atoms with van der Waals surface area (Å²) in [5.74, 6) is 0.828. The Bertz CT molecular complexity index is 642. The van der Waals surface area contributed by atoms with E-state index >= 15 is 0 Å². The minimum absolute atomic E-state index is 0.0625. The van der Waals surface area contributed by atoms with Gasteiger partial charge in [0.2, 0.25) is 5.91 Å². The van der Waals surface area contributed by atoms with Gasteiger partial charge < -0.3 is 10.1 Å². The van der Waals surface area contributed by atoms with Crippen LogP contribution in [0.3, 0.4) is 0 Å². The summed E-state index contributed by atoms with van der Waals surface area (Å²) in [6.07, 6.45) is 0. The standard InChI is InChI=1S/C16H14ClNO2/c17-9-11-5-1-3-7-14(11)18-16(19)13-10-20-15-8-4-2-6-12(13)15/h1-8,13H,9-10H2,(H,18,19). The molecule has 2 aromatic rings. The summed E-state index contributed by atoms with van der Waals surface area (Å²) in [6, 6.07) is 15.2. The molecule has 3 rings (SSSR count). The van der Waals surface area contributed by atoms with Gasteiger partial charge in [-0.3, -0.25) is 4.79 Å². The topological polar surface area (TPSA) is 38.3 Å². The molecule has 1 N–H and O–H groups in total. The summed E-state index contributed by atoms with van der Waals surface area (Å²) in [6.45, 7) is 0.383. The molecule has 1 unspecified atom stereocenters. The lowest BCUT2D eigenvalue weighted by molar-refractivity contribution is -0.117. The van der Waals surface area contributed by atoms with Crippen LogP contribution in [0.15, 0.2) is 48.5 Å². The van der Waals surface area contributed by atoms with Crippen LogP contribution in [0.25, 0.3) is 0 Å². The van der Waals surface area contributed by atoms with Crippen molar-refractivity contribution in [2.45, 2.75) is 11.8 Å². The van der Waals surface area contributed by atoms with Gasteiger partial charge in [0, 0.05) is 17.1 Å². The van der Waals surface area contributed by atoms with Gasteiger partial charge in [0.05, 0.1) is 0 Å². The molecule has 2 aromatic carbocycles. The van der Waals surface area contributed by atoms with E-state index in [0.717, 1.165) is 22.6 Å². The Balaban J connectivity index is 1.81. The Morgan fingerprint density at radius 3 is 2.80 bits per heavy atom. The van der Waals surface area contributed by atoms with Gasteiger partial charge in [-0.05, 0) is 17.7 Å². The lowest BCUT2D eigenvalue weighted by Crippen LogP contribution is -2.22. The van der Waals surface area contributed by atoms with E-state index in [2.05, 4.69) is 5.32 Å². The fourth-order valence-electron chi connectivity index (χ4n) is 2.36. The van der Waals surface area contributed by atoms with Gasteiger partial charge in [0.1, 0.15) is 18.3 Å². The number of amides is 1. The lowest BCUT2D eigenvalue weighted by Gasteiger charge is -2.12. The second-order valence-corrected chi connectivity index (χ2v) is 4.95. The molecule has 1 aliphatic rings. The Morgan fingerprint density at radius 2 is 1.95 bits per heavy atom. The molecule has 0 aromatic heterocycles. The number of anilines is 1. The molecule has 0 fully saturated rings. The number of hydrogen-bond donors (Lipinski definition) is 1. The first-order chi connectivity index (χ1) is 9.79. The number of hydrogen-bond acceptors (Lipinski definition) is 2. The van der Waals surface area contributed by atoms with Crippen molar-refractivity contribution < 1.29 is 9.53 Å². The molecule has 4 heteroatoms. The number of nitrogens with one attached hydrogen (secondary N) is 1. The molecule has 3 nitrogen and oxygen atoms in total. The predicted molar refractivity (Wildman–Crippen MR) is 79.3 cm³/mol. The first kappa shape index (κ1) is 13.0. The Labute approximate surface area is 122 Å². The zero-order chi connectivity index (χ0) is 13.9. The smallest absolute Gasteiger partial charge is 0.235 e. The van der Waals surface area contributed by atoms with Crippen LogP contribution in [-0.2, 0) is 10.7 Å². The van der Waals surface area contributed by atoms with Gasteiger partial charge in [-0.2, -0.15) is 0 Å². The van der Waals surface area contributed by atoms with Crippen molar-refractivity contribution in [3.63, 3.8) is 0 Å². The third-order valence-corrected chi connectivity index (χ3v) is 3.72. The van der Waals surface area contributed by atoms with E-state index in [9.17, 15) is 4.79 Å². The number of benzene rings is 2. The third kappa shape index (κ3) is 2.37. The summed E-state index contributed by atoms with van der Waals surface area (Å²) in [4.78, 5) is 12.4. The molecule has 0 saturated carbocycles. The average Bonchev–Trinajstić information content (AvgIpc) is 2.92. The minimum atomic E-state index is -0.269. The third-order valence-electron chi connectivity index (χ3n) is 3.44. The largest absolute Gasteiger partial charge is 0.492 e. The first-order valence-electron chi connectivity index (χ1n) is 6.46. The molecule has 0 radical (unpaired) electrons. The number of carbonyl (C=O) groups is 1. The van der Waals surface area contributed by atoms with Crippen LogP contribution in [0, 0.1) is 0 Å². The fourth-order valence-corrected chi connectivity index (χ4v) is 2.59. The van der Waals surface area contributed by atoms with Crippen molar-refractivity contribution in [1.29, 1.82) is 0 Å². The highest BCUT2D eigenvalue weighted by atomic mass is 35.5. The van der Waals surface area contributed by atoms with Gasteiger partial charge in [0.15, 0.2) is 0 Å². The minimum Gasteiger partial charge on any atom is -0.492 e. The van der Waals surface area contributed by atoms with Crippen LogP contribution in [0.1, 0.15) is 17.0 Å². The molecule has 0 aliphatic carbocycles. The van der Waals surface area contributed by atoms with Crippen LogP contribution in [0.5, 0.6) is 5.75 Å². The molecule has 102 valence electrons. The fraction of sp³-hybridized carbons (Fsp3) is 0.188. The van der Waals surface area contributed by atoms with E-state index in [-0.39, 0.29) is 11.8 Å². The van der Waals surface area contributed by atoms with Gasteiger partial charge in [-0.25, -0.2) is 0 Å². The van der Waals surface area contributed by atoms with Crippen molar-refractivity contribution in [3.8, 4) is 5.75 Å². The molecule has 1 heterocycles. The summed E-state index contributed by atoms with van der Waals surface area (Å²) >= 11 is 5.88. The number of halogens is 1. The molecule has 0 bridgehead atoms. The number of fused-ring (bicyclic) bond motifs is 1.